The molecular weight excluding hydrogens is 507 g/mol. The van der Waals surface area contributed by atoms with Gasteiger partial charge in [-0.25, -0.2) is 9.79 Å². The van der Waals surface area contributed by atoms with E-state index >= 15 is 0 Å². The largest absolute Gasteiger partial charge is 0.444 e. The van der Waals surface area contributed by atoms with Gasteiger partial charge in [-0.1, -0.05) is 24.3 Å². The summed E-state index contributed by atoms with van der Waals surface area (Å²) in [6, 6.07) is 8.23. The van der Waals surface area contributed by atoms with Crippen molar-refractivity contribution in [3.63, 3.8) is 0 Å². The monoisotopic (exact) mass is 546 g/mol. The normalized spacial score (nSPS) is 16.6. The average Bonchev–Trinajstić information content (AvgIpc) is 3.13. The van der Waals surface area contributed by atoms with E-state index in [9.17, 15) is 4.79 Å². The third kappa shape index (κ3) is 9.64. The van der Waals surface area contributed by atoms with Gasteiger partial charge in [-0.05, 0) is 45.2 Å². The van der Waals surface area contributed by atoms with Gasteiger partial charge in [-0.2, -0.15) is 0 Å². The Bertz CT molecular complexity index is 704. The van der Waals surface area contributed by atoms with Crippen LogP contribution < -0.4 is 5.32 Å². The van der Waals surface area contributed by atoms with Crippen LogP contribution in [-0.4, -0.2) is 67.9 Å². The van der Waals surface area contributed by atoms with E-state index < -0.39 is 5.60 Å². The second kappa shape index (κ2) is 13.1. The summed E-state index contributed by atoms with van der Waals surface area (Å²) in [6.45, 7) is 12.5. The van der Waals surface area contributed by atoms with Gasteiger partial charge in [-0.3, -0.25) is 0 Å². The summed E-state index contributed by atoms with van der Waals surface area (Å²) in [5, 5.41) is 3.40. The molecule has 1 aliphatic heterocycles. The lowest BCUT2D eigenvalue weighted by Gasteiger charge is -2.24. The van der Waals surface area contributed by atoms with Gasteiger partial charge in [0.1, 0.15) is 5.60 Å². The molecule has 2 rings (SSSR count). The number of rotatable bonds is 7. The Kier molecular flexibility index (Phi) is 11.6. The maximum absolute atomic E-state index is 12.1. The van der Waals surface area contributed by atoms with Crippen molar-refractivity contribution < 1.29 is 14.3 Å². The van der Waals surface area contributed by atoms with E-state index in [2.05, 4.69) is 29.3 Å². The molecule has 1 aromatic carbocycles. The van der Waals surface area contributed by atoms with Crippen molar-refractivity contribution in [3.8, 4) is 0 Å². The van der Waals surface area contributed by atoms with Gasteiger partial charge in [0.25, 0.3) is 0 Å². The van der Waals surface area contributed by atoms with Crippen molar-refractivity contribution in [1.82, 2.24) is 15.1 Å². The third-order valence-corrected chi connectivity index (χ3v) is 4.88. The average molecular weight is 546 g/mol. The van der Waals surface area contributed by atoms with Crippen LogP contribution in [0.2, 0.25) is 0 Å². The maximum atomic E-state index is 12.1. The van der Waals surface area contributed by atoms with Crippen molar-refractivity contribution in [2.75, 3.05) is 40.4 Å². The molecule has 1 saturated heterocycles. The minimum atomic E-state index is -0.490. The van der Waals surface area contributed by atoms with Crippen molar-refractivity contribution in [3.05, 3.63) is 35.4 Å². The molecule has 0 saturated carbocycles. The summed E-state index contributed by atoms with van der Waals surface area (Å²) >= 11 is 0. The van der Waals surface area contributed by atoms with Crippen molar-refractivity contribution >= 4 is 36.0 Å². The number of carbonyl (C=O) groups is 1. The molecule has 7 nitrogen and oxygen atoms in total. The van der Waals surface area contributed by atoms with Crippen LogP contribution >= 0.6 is 24.0 Å². The summed E-state index contributed by atoms with van der Waals surface area (Å²) in [6.07, 6.45) is 0.821. The highest BCUT2D eigenvalue weighted by Crippen LogP contribution is 2.17. The van der Waals surface area contributed by atoms with Crippen molar-refractivity contribution in [2.24, 2.45) is 10.9 Å². The summed E-state index contributed by atoms with van der Waals surface area (Å²) in [4.78, 5) is 20.9. The topological polar surface area (TPSA) is 66.4 Å². The Morgan fingerprint density at radius 2 is 1.90 bits per heavy atom. The molecular formula is C23H39IN4O3. The molecule has 1 unspecified atom stereocenters. The van der Waals surface area contributed by atoms with E-state index in [0.717, 1.165) is 49.7 Å². The number of halogens is 1. The van der Waals surface area contributed by atoms with Crippen molar-refractivity contribution in [2.45, 2.75) is 52.8 Å². The highest BCUT2D eigenvalue weighted by atomic mass is 127. The standard InChI is InChI=1S/C23H38N4O3.HI/c1-7-24-21(27-13-12-20(16-27)17-29-6)25-14-18-8-10-19(11-9-18)15-26(5)22(28)30-23(2,3)4;/h8-11,20H,7,12-17H2,1-6H3,(H,24,25);1H. The highest BCUT2D eigenvalue weighted by Gasteiger charge is 2.24. The zero-order chi connectivity index (χ0) is 22.1. The number of benzene rings is 1. The molecule has 1 aromatic rings. The zero-order valence-electron chi connectivity index (χ0n) is 19.8. The lowest BCUT2D eigenvalue weighted by molar-refractivity contribution is 0.0285. The Hall–Kier alpha value is -1.55. The van der Waals surface area contributed by atoms with E-state index in [1.807, 2.05) is 32.9 Å². The Morgan fingerprint density at radius 3 is 2.48 bits per heavy atom. The Labute approximate surface area is 204 Å². The molecule has 0 spiro atoms. The van der Waals surface area contributed by atoms with E-state index in [4.69, 9.17) is 14.5 Å². The number of hydrogen-bond donors (Lipinski definition) is 1. The smallest absolute Gasteiger partial charge is 0.410 e. The molecule has 1 aliphatic rings. The summed E-state index contributed by atoms with van der Waals surface area (Å²) < 4.78 is 10.7. The quantitative estimate of drug-likeness (QED) is 0.317. The lowest BCUT2D eigenvalue weighted by atomic mass is 10.1. The van der Waals surface area contributed by atoms with E-state index in [1.54, 1.807) is 19.1 Å². The lowest BCUT2D eigenvalue weighted by Crippen LogP contribution is -2.40. The van der Waals surface area contributed by atoms with Gasteiger partial charge in [0, 0.05) is 46.3 Å². The van der Waals surface area contributed by atoms with Gasteiger partial charge in [0.2, 0.25) is 0 Å². The number of guanidine groups is 1. The van der Waals surface area contributed by atoms with E-state index in [-0.39, 0.29) is 30.1 Å². The van der Waals surface area contributed by atoms with Crippen LogP contribution in [0.4, 0.5) is 4.79 Å². The number of aliphatic imine (C=N–C) groups is 1. The van der Waals surface area contributed by atoms with Crippen LogP contribution in [-0.2, 0) is 22.6 Å². The van der Waals surface area contributed by atoms with Crippen LogP contribution in [0.1, 0.15) is 45.2 Å². The SMILES string of the molecule is CCNC(=NCc1ccc(CN(C)C(=O)OC(C)(C)C)cc1)N1CCC(COC)C1.I. The van der Waals surface area contributed by atoms with Crippen molar-refractivity contribution in [1.29, 1.82) is 0 Å². The predicted octanol–water partition coefficient (Wildman–Crippen LogP) is 4.11. The van der Waals surface area contributed by atoms with Crippen LogP contribution in [0.3, 0.4) is 0 Å². The highest BCUT2D eigenvalue weighted by molar-refractivity contribution is 14.0. The molecule has 1 amide bonds. The molecule has 1 fully saturated rings. The fourth-order valence-corrected chi connectivity index (χ4v) is 3.42. The van der Waals surface area contributed by atoms with Crippen LogP contribution in [0, 0.1) is 5.92 Å². The van der Waals surface area contributed by atoms with Crippen LogP contribution in [0.25, 0.3) is 0 Å². The first-order valence-corrected chi connectivity index (χ1v) is 10.8. The third-order valence-electron chi connectivity index (χ3n) is 4.88. The molecule has 0 aromatic heterocycles. The molecule has 1 heterocycles. The van der Waals surface area contributed by atoms with E-state index in [0.29, 0.717) is 19.0 Å². The number of ether oxygens (including phenoxy) is 2. The first-order chi connectivity index (χ1) is 14.2. The molecule has 1 atom stereocenters. The summed E-state index contributed by atoms with van der Waals surface area (Å²) in [7, 11) is 3.51. The molecule has 176 valence electrons. The Balaban J connectivity index is 0.00000480. The number of amides is 1. The number of likely N-dealkylation sites (tertiary alicyclic amines) is 1. The second-order valence-corrected chi connectivity index (χ2v) is 8.88. The fraction of sp³-hybridized carbons (Fsp3) is 0.652. The molecule has 0 aliphatic carbocycles. The second-order valence-electron chi connectivity index (χ2n) is 8.88. The predicted molar refractivity (Wildman–Crippen MR) is 136 cm³/mol. The van der Waals surface area contributed by atoms with Gasteiger partial charge >= 0.3 is 6.09 Å². The number of nitrogens with one attached hydrogen (secondary N) is 1. The van der Waals surface area contributed by atoms with Gasteiger partial charge in [0.05, 0.1) is 13.2 Å². The molecule has 0 radical (unpaired) electrons. The van der Waals surface area contributed by atoms with Gasteiger partial charge in [-0.15, -0.1) is 24.0 Å². The molecule has 1 N–H and O–H groups in total. The minimum Gasteiger partial charge on any atom is -0.444 e. The van der Waals surface area contributed by atoms with E-state index in [1.165, 1.54) is 0 Å². The fourth-order valence-electron chi connectivity index (χ4n) is 3.42. The molecule has 8 heteroatoms. The maximum Gasteiger partial charge on any atom is 0.410 e. The number of nitrogens with zero attached hydrogens (tertiary/aromatic N) is 3. The van der Waals surface area contributed by atoms with Gasteiger partial charge in [0.15, 0.2) is 5.96 Å². The van der Waals surface area contributed by atoms with Crippen LogP contribution in [0.5, 0.6) is 0 Å². The minimum absolute atomic E-state index is 0. The number of methoxy groups -OCH3 is 1. The van der Waals surface area contributed by atoms with Gasteiger partial charge < -0.3 is 24.6 Å². The molecule has 31 heavy (non-hydrogen) atoms. The molecule has 0 bridgehead atoms. The zero-order valence-corrected chi connectivity index (χ0v) is 22.1. The van der Waals surface area contributed by atoms with Crippen LogP contribution in [0.15, 0.2) is 29.3 Å². The Morgan fingerprint density at radius 1 is 1.26 bits per heavy atom. The number of carbonyl (C=O) groups excluding carboxylic acids is 1. The first-order valence-electron chi connectivity index (χ1n) is 10.8. The first kappa shape index (κ1) is 27.5. The number of hydrogen-bond acceptors (Lipinski definition) is 4. The summed E-state index contributed by atoms with van der Waals surface area (Å²) in [5.74, 6) is 1.53. The summed E-state index contributed by atoms with van der Waals surface area (Å²) in [5.41, 5.74) is 1.71.